The van der Waals surface area contributed by atoms with Crippen LogP contribution in [0.5, 0.6) is 0 Å². The Labute approximate surface area is 78.9 Å². The number of anilines is 1. The van der Waals surface area contributed by atoms with Gasteiger partial charge >= 0.3 is 0 Å². The van der Waals surface area contributed by atoms with Gasteiger partial charge in [0.2, 0.25) is 5.95 Å². The highest BCUT2D eigenvalue weighted by Crippen LogP contribution is 2.01. The van der Waals surface area contributed by atoms with E-state index in [1.807, 2.05) is 0 Å². The lowest BCUT2D eigenvalue weighted by Crippen LogP contribution is -2.12. The summed E-state index contributed by atoms with van der Waals surface area (Å²) in [5.74, 6) is 0.610. The SMILES string of the molecule is Cc1nc(NC(=O)c2cn[nH]c2)n[nH]1. The molecule has 0 unspecified atom stereocenters. The molecular formula is C7H8N6O. The number of aromatic nitrogens is 5. The molecule has 0 saturated heterocycles. The van der Waals surface area contributed by atoms with Crippen LogP contribution in [0.1, 0.15) is 16.2 Å². The van der Waals surface area contributed by atoms with Crippen molar-refractivity contribution in [2.75, 3.05) is 5.32 Å². The second kappa shape index (κ2) is 3.29. The van der Waals surface area contributed by atoms with Crippen LogP contribution in [0, 0.1) is 6.92 Å². The smallest absolute Gasteiger partial charge is 0.261 e. The molecule has 0 spiro atoms. The van der Waals surface area contributed by atoms with Gasteiger partial charge in [-0.25, -0.2) is 0 Å². The van der Waals surface area contributed by atoms with Crippen LogP contribution in [0.25, 0.3) is 0 Å². The number of nitrogens with zero attached hydrogens (tertiary/aromatic N) is 3. The van der Waals surface area contributed by atoms with Gasteiger partial charge in [-0.05, 0) is 6.92 Å². The van der Waals surface area contributed by atoms with Gasteiger partial charge in [0.1, 0.15) is 5.82 Å². The molecule has 2 heterocycles. The Morgan fingerprint density at radius 2 is 2.43 bits per heavy atom. The van der Waals surface area contributed by atoms with Crippen molar-refractivity contribution in [2.45, 2.75) is 6.92 Å². The molecule has 0 radical (unpaired) electrons. The molecule has 2 rings (SSSR count). The van der Waals surface area contributed by atoms with Crippen LogP contribution < -0.4 is 5.32 Å². The molecule has 14 heavy (non-hydrogen) atoms. The first-order chi connectivity index (χ1) is 6.75. The Kier molecular flexibility index (Phi) is 1.98. The Morgan fingerprint density at radius 1 is 1.57 bits per heavy atom. The molecule has 7 heteroatoms. The zero-order chi connectivity index (χ0) is 9.97. The predicted octanol–water partition coefficient (Wildman–Crippen LogP) is 0.0885. The molecule has 0 fully saturated rings. The zero-order valence-electron chi connectivity index (χ0n) is 7.40. The third kappa shape index (κ3) is 1.60. The topological polar surface area (TPSA) is 99.3 Å². The number of aryl methyl sites for hydroxylation is 1. The van der Waals surface area contributed by atoms with Crippen LogP contribution >= 0.6 is 0 Å². The van der Waals surface area contributed by atoms with Crippen LogP contribution in [0.2, 0.25) is 0 Å². The highest BCUT2D eigenvalue weighted by molar-refractivity contribution is 6.02. The minimum absolute atomic E-state index is 0.258. The molecule has 0 aliphatic rings. The summed E-state index contributed by atoms with van der Waals surface area (Å²) in [5.41, 5.74) is 0.437. The minimum Gasteiger partial charge on any atom is -0.289 e. The molecular weight excluding hydrogens is 184 g/mol. The standard InChI is InChI=1S/C7H8N6O/c1-4-10-7(13-12-4)11-6(14)5-2-8-9-3-5/h2-3H,1H3,(H,8,9)(H2,10,11,12,13,14). The van der Waals surface area contributed by atoms with Gasteiger partial charge in [0.15, 0.2) is 0 Å². The molecule has 0 bridgehead atoms. The van der Waals surface area contributed by atoms with Gasteiger partial charge in [-0.15, -0.1) is 5.10 Å². The van der Waals surface area contributed by atoms with E-state index in [9.17, 15) is 4.79 Å². The number of H-pyrrole nitrogens is 2. The van der Waals surface area contributed by atoms with Gasteiger partial charge in [-0.2, -0.15) is 10.1 Å². The van der Waals surface area contributed by atoms with E-state index in [1.54, 1.807) is 6.92 Å². The van der Waals surface area contributed by atoms with Crippen LogP contribution in [0.15, 0.2) is 12.4 Å². The van der Waals surface area contributed by atoms with Gasteiger partial charge in [-0.1, -0.05) is 0 Å². The number of amides is 1. The first-order valence-electron chi connectivity index (χ1n) is 3.95. The quantitative estimate of drug-likeness (QED) is 0.627. The van der Waals surface area contributed by atoms with E-state index >= 15 is 0 Å². The van der Waals surface area contributed by atoms with Crippen molar-refractivity contribution in [3.05, 3.63) is 23.8 Å². The molecule has 72 valence electrons. The summed E-state index contributed by atoms with van der Waals surface area (Å²) in [6.07, 6.45) is 2.92. The minimum atomic E-state index is -0.294. The highest BCUT2D eigenvalue weighted by atomic mass is 16.1. The second-order valence-electron chi connectivity index (χ2n) is 2.69. The van der Waals surface area contributed by atoms with E-state index in [0.29, 0.717) is 11.4 Å². The fourth-order valence-corrected chi connectivity index (χ4v) is 0.947. The summed E-state index contributed by atoms with van der Waals surface area (Å²) in [7, 11) is 0. The summed E-state index contributed by atoms with van der Waals surface area (Å²) in [5, 5.41) is 15.1. The number of rotatable bonds is 2. The lowest BCUT2D eigenvalue weighted by molar-refractivity contribution is 0.102. The molecule has 0 aliphatic heterocycles. The Hall–Kier alpha value is -2.18. The van der Waals surface area contributed by atoms with Gasteiger partial charge in [0.05, 0.1) is 11.8 Å². The summed E-state index contributed by atoms with van der Waals surface area (Å²) < 4.78 is 0. The van der Waals surface area contributed by atoms with Crippen molar-refractivity contribution < 1.29 is 4.79 Å². The molecule has 0 saturated carbocycles. The van der Waals surface area contributed by atoms with Gasteiger partial charge < -0.3 is 0 Å². The Balaban J connectivity index is 2.09. The van der Waals surface area contributed by atoms with E-state index in [1.165, 1.54) is 12.4 Å². The Morgan fingerprint density at radius 3 is 3.00 bits per heavy atom. The molecule has 0 aromatic carbocycles. The van der Waals surface area contributed by atoms with Crippen molar-refractivity contribution in [3.63, 3.8) is 0 Å². The van der Waals surface area contributed by atoms with Crippen molar-refractivity contribution in [3.8, 4) is 0 Å². The van der Waals surface area contributed by atoms with E-state index in [-0.39, 0.29) is 11.9 Å². The van der Waals surface area contributed by atoms with Crippen LogP contribution in [0.3, 0.4) is 0 Å². The van der Waals surface area contributed by atoms with Crippen molar-refractivity contribution in [2.24, 2.45) is 0 Å². The van der Waals surface area contributed by atoms with Crippen molar-refractivity contribution in [1.82, 2.24) is 25.4 Å². The predicted molar refractivity (Wildman–Crippen MR) is 47.7 cm³/mol. The average Bonchev–Trinajstić information content (AvgIpc) is 2.75. The summed E-state index contributed by atoms with van der Waals surface area (Å²) >= 11 is 0. The normalized spacial score (nSPS) is 10.1. The number of nitrogens with one attached hydrogen (secondary N) is 3. The van der Waals surface area contributed by atoms with Gasteiger partial charge in [0.25, 0.3) is 5.91 Å². The van der Waals surface area contributed by atoms with E-state index < -0.39 is 0 Å². The monoisotopic (exact) mass is 192 g/mol. The average molecular weight is 192 g/mol. The first-order valence-corrected chi connectivity index (χ1v) is 3.95. The number of carbonyl (C=O) groups is 1. The zero-order valence-corrected chi connectivity index (χ0v) is 7.40. The maximum absolute atomic E-state index is 11.4. The van der Waals surface area contributed by atoms with Crippen molar-refractivity contribution in [1.29, 1.82) is 0 Å². The largest absolute Gasteiger partial charge is 0.289 e. The molecule has 0 aliphatic carbocycles. The molecule has 0 atom stereocenters. The summed E-state index contributed by atoms with van der Waals surface area (Å²) in [6.45, 7) is 1.75. The lowest BCUT2D eigenvalue weighted by atomic mass is 10.3. The first kappa shape index (κ1) is 8.42. The lowest BCUT2D eigenvalue weighted by Gasteiger charge is -1.95. The van der Waals surface area contributed by atoms with E-state index in [4.69, 9.17) is 0 Å². The maximum Gasteiger partial charge on any atom is 0.261 e. The fourth-order valence-electron chi connectivity index (χ4n) is 0.947. The maximum atomic E-state index is 11.4. The van der Waals surface area contributed by atoms with Crippen molar-refractivity contribution >= 4 is 11.9 Å². The highest BCUT2D eigenvalue weighted by Gasteiger charge is 2.08. The third-order valence-corrected chi connectivity index (χ3v) is 1.58. The van der Waals surface area contributed by atoms with Crippen LogP contribution in [0.4, 0.5) is 5.95 Å². The summed E-state index contributed by atoms with van der Waals surface area (Å²) in [6, 6.07) is 0. The second-order valence-corrected chi connectivity index (χ2v) is 2.69. The van der Waals surface area contributed by atoms with Gasteiger partial charge in [0, 0.05) is 6.20 Å². The third-order valence-electron chi connectivity index (χ3n) is 1.58. The molecule has 2 aromatic rings. The number of hydrogen-bond acceptors (Lipinski definition) is 4. The molecule has 1 amide bonds. The fraction of sp³-hybridized carbons (Fsp3) is 0.143. The van der Waals surface area contributed by atoms with Crippen LogP contribution in [-0.2, 0) is 0 Å². The number of carbonyl (C=O) groups excluding carboxylic acids is 1. The molecule has 2 aromatic heterocycles. The van der Waals surface area contributed by atoms with E-state index in [0.717, 1.165) is 0 Å². The molecule has 7 nitrogen and oxygen atoms in total. The Bertz CT molecular complexity index is 431. The van der Waals surface area contributed by atoms with Gasteiger partial charge in [-0.3, -0.25) is 20.3 Å². The van der Waals surface area contributed by atoms with E-state index in [2.05, 4.69) is 30.7 Å². The molecule has 3 N–H and O–H groups in total. The number of hydrogen-bond donors (Lipinski definition) is 3. The van der Waals surface area contributed by atoms with Crippen LogP contribution in [-0.4, -0.2) is 31.3 Å². The summed E-state index contributed by atoms with van der Waals surface area (Å²) in [4.78, 5) is 15.4. The number of aromatic amines is 2.